The van der Waals surface area contributed by atoms with Crippen LogP contribution in [0, 0.1) is 11.6 Å². The number of halogens is 2. The molecule has 0 aliphatic heterocycles. The standard InChI is InChI=1S/C11H7F2NO/c12-9-6-10-8(2-1-4-14-10)11(13)7(9)3-5-15/h1-2,4-6H,3H2. The smallest absolute Gasteiger partial charge is 0.139 e. The van der Waals surface area contributed by atoms with E-state index in [4.69, 9.17) is 0 Å². The van der Waals surface area contributed by atoms with Crippen LogP contribution in [0.4, 0.5) is 8.78 Å². The summed E-state index contributed by atoms with van der Waals surface area (Å²) in [5, 5.41) is 0.232. The van der Waals surface area contributed by atoms with E-state index in [1.165, 1.54) is 12.3 Å². The van der Waals surface area contributed by atoms with E-state index >= 15 is 0 Å². The predicted molar refractivity (Wildman–Crippen MR) is 51.4 cm³/mol. The molecular formula is C11H7F2NO. The fraction of sp³-hybridized carbons (Fsp3) is 0.0909. The van der Waals surface area contributed by atoms with Gasteiger partial charge in [0.25, 0.3) is 0 Å². The topological polar surface area (TPSA) is 30.0 Å². The van der Waals surface area contributed by atoms with Crippen LogP contribution in [0.3, 0.4) is 0 Å². The Morgan fingerprint density at radius 3 is 2.93 bits per heavy atom. The molecule has 15 heavy (non-hydrogen) atoms. The summed E-state index contributed by atoms with van der Waals surface area (Å²) in [4.78, 5) is 14.1. The van der Waals surface area contributed by atoms with Crippen molar-refractivity contribution in [2.24, 2.45) is 0 Å². The number of aromatic nitrogens is 1. The molecule has 0 unspecified atom stereocenters. The van der Waals surface area contributed by atoms with Crippen LogP contribution in [-0.2, 0) is 11.2 Å². The second-order valence-electron chi connectivity index (χ2n) is 3.09. The van der Waals surface area contributed by atoms with E-state index in [1.54, 1.807) is 6.07 Å². The van der Waals surface area contributed by atoms with Crippen LogP contribution in [0.1, 0.15) is 5.56 Å². The predicted octanol–water partition coefficient (Wildman–Crippen LogP) is 2.25. The summed E-state index contributed by atoms with van der Waals surface area (Å²) in [6.07, 6.45) is 1.67. The highest BCUT2D eigenvalue weighted by atomic mass is 19.1. The molecule has 1 heterocycles. The van der Waals surface area contributed by atoms with Crippen LogP contribution in [0.5, 0.6) is 0 Å². The average Bonchev–Trinajstić information content (AvgIpc) is 2.24. The summed E-state index contributed by atoms with van der Waals surface area (Å²) in [7, 11) is 0. The number of hydrogen-bond acceptors (Lipinski definition) is 2. The Morgan fingerprint density at radius 1 is 1.40 bits per heavy atom. The van der Waals surface area contributed by atoms with Gasteiger partial charge in [-0.25, -0.2) is 8.78 Å². The first-order valence-corrected chi connectivity index (χ1v) is 4.39. The monoisotopic (exact) mass is 207 g/mol. The molecule has 0 fully saturated rings. The van der Waals surface area contributed by atoms with Crippen LogP contribution in [0.2, 0.25) is 0 Å². The van der Waals surface area contributed by atoms with E-state index < -0.39 is 11.6 Å². The van der Waals surface area contributed by atoms with Gasteiger partial charge >= 0.3 is 0 Å². The Balaban J connectivity index is 2.77. The van der Waals surface area contributed by atoms with Gasteiger partial charge < -0.3 is 4.79 Å². The lowest BCUT2D eigenvalue weighted by Gasteiger charge is -2.04. The first-order chi connectivity index (χ1) is 7.24. The molecule has 1 aromatic heterocycles. The second kappa shape index (κ2) is 3.73. The third-order valence-corrected chi connectivity index (χ3v) is 2.18. The molecule has 0 bridgehead atoms. The molecule has 2 rings (SSSR count). The first-order valence-electron chi connectivity index (χ1n) is 4.39. The van der Waals surface area contributed by atoms with Crippen LogP contribution in [0.15, 0.2) is 24.4 Å². The van der Waals surface area contributed by atoms with E-state index in [2.05, 4.69) is 4.98 Å². The zero-order valence-corrected chi connectivity index (χ0v) is 7.71. The maximum atomic E-state index is 13.7. The van der Waals surface area contributed by atoms with Crippen molar-refractivity contribution in [1.82, 2.24) is 4.98 Å². The zero-order valence-electron chi connectivity index (χ0n) is 7.71. The number of aldehydes is 1. The Hall–Kier alpha value is -1.84. The van der Waals surface area contributed by atoms with E-state index in [9.17, 15) is 13.6 Å². The lowest BCUT2D eigenvalue weighted by molar-refractivity contribution is -0.107. The molecule has 0 radical (unpaired) electrons. The number of fused-ring (bicyclic) bond motifs is 1. The maximum absolute atomic E-state index is 13.7. The average molecular weight is 207 g/mol. The molecule has 0 aliphatic carbocycles. The minimum absolute atomic E-state index is 0.203. The molecule has 76 valence electrons. The van der Waals surface area contributed by atoms with Crippen LogP contribution in [-0.4, -0.2) is 11.3 Å². The molecule has 0 saturated heterocycles. The normalized spacial score (nSPS) is 10.5. The fourth-order valence-corrected chi connectivity index (χ4v) is 1.46. The molecule has 2 aromatic rings. The van der Waals surface area contributed by atoms with Gasteiger partial charge in [0.1, 0.15) is 17.9 Å². The van der Waals surface area contributed by atoms with Crippen molar-refractivity contribution in [3.63, 3.8) is 0 Å². The van der Waals surface area contributed by atoms with Crippen molar-refractivity contribution in [1.29, 1.82) is 0 Å². The van der Waals surface area contributed by atoms with E-state index in [-0.39, 0.29) is 22.9 Å². The third kappa shape index (κ3) is 1.58. The summed E-state index contributed by atoms with van der Waals surface area (Å²) < 4.78 is 27.0. The van der Waals surface area contributed by atoms with Crippen LogP contribution in [0.25, 0.3) is 10.9 Å². The van der Waals surface area contributed by atoms with E-state index in [0.717, 1.165) is 6.07 Å². The molecule has 0 spiro atoms. The largest absolute Gasteiger partial charge is 0.303 e. The summed E-state index contributed by atoms with van der Waals surface area (Å²) >= 11 is 0. The minimum Gasteiger partial charge on any atom is -0.303 e. The van der Waals surface area contributed by atoms with E-state index in [0.29, 0.717) is 6.29 Å². The molecule has 0 atom stereocenters. The summed E-state index contributed by atoms with van der Waals surface area (Å²) in [5.41, 5.74) is 0.0487. The molecule has 0 aliphatic rings. The van der Waals surface area contributed by atoms with E-state index in [1.807, 2.05) is 0 Å². The molecule has 0 N–H and O–H groups in total. The molecular weight excluding hydrogens is 200 g/mol. The van der Waals surface area contributed by atoms with Crippen molar-refractivity contribution in [2.75, 3.05) is 0 Å². The first kappa shape index (κ1) is 9.71. The number of benzene rings is 1. The number of pyridine rings is 1. The lowest BCUT2D eigenvalue weighted by Crippen LogP contribution is -1.98. The van der Waals surface area contributed by atoms with Crippen molar-refractivity contribution >= 4 is 17.2 Å². The summed E-state index contributed by atoms with van der Waals surface area (Å²) in [6, 6.07) is 4.21. The zero-order chi connectivity index (χ0) is 10.8. The Bertz CT molecular complexity index is 525. The number of carbonyl (C=O) groups excluding carboxylic acids is 1. The minimum atomic E-state index is -0.731. The van der Waals surface area contributed by atoms with Gasteiger partial charge in [-0.1, -0.05) is 0 Å². The van der Waals surface area contributed by atoms with Crippen molar-refractivity contribution in [3.8, 4) is 0 Å². The van der Waals surface area contributed by atoms with Gasteiger partial charge in [0, 0.05) is 29.6 Å². The summed E-state index contributed by atoms with van der Waals surface area (Å²) in [5.74, 6) is -1.43. The van der Waals surface area contributed by atoms with Crippen molar-refractivity contribution in [2.45, 2.75) is 6.42 Å². The van der Waals surface area contributed by atoms with Gasteiger partial charge in [-0.3, -0.25) is 4.98 Å². The molecule has 4 heteroatoms. The quantitative estimate of drug-likeness (QED) is 0.707. The Morgan fingerprint density at radius 2 is 2.20 bits per heavy atom. The highest BCUT2D eigenvalue weighted by molar-refractivity contribution is 5.80. The van der Waals surface area contributed by atoms with Gasteiger partial charge in [-0.2, -0.15) is 0 Å². The highest BCUT2D eigenvalue weighted by Crippen LogP contribution is 2.22. The highest BCUT2D eigenvalue weighted by Gasteiger charge is 2.13. The number of carbonyl (C=O) groups is 1. The third-order valence-electron chi connectivity index (χ3n) is 2.18. The van der Waals surface area contributed by atoms with Gasteiger partial charge in [-0.05, 0) is 12.1 Å². The molecule has 0 amide bonds. The number of nitrogens with zero attached hydrogens (tertiary/aromatic N) is 1. The second-order valence-corrected chi connectivity index (χ2v) is 3.09. The Labute approximate surface area is 84.6 Å². The van der Waals surface area contributed by atoms with Crippen LogP contribution < -0.4 is 0 Å². The van der Waals surface area contributed by atoms with Crippen LogP contribution >= 0.6 is 0 Å². The van der Waals surface area contributed by atoms with Gasteiger partial charge in [0.05, 0.1) is 5.52 Å². The Kier molecular flexibility index (Phi) is 2.41. The SMILES string of the molecule is O=CCc1c(F)cc2ncccc2c1F. The molecule has 2 nitrogen and oxygen atoms in total. The van der Waals surface area contributed by atoms with Gasteiger partial charge in [-0.15, -0.1) is 0 Å². The van der Waals surface area contributed by atoms with Gasteiger partial charge in [0.15, 0.2) is 0 Å². The lowest BCUT2D eigenvalue weighted by atomic mass is 10.1. The number of rotatable bonds is 2. The fourth-order valence-electron chi connectivity index (χ4n) is 1.46. The van der Waals surface area contributed by atoms with Crippen molar-refractivity contribution < 1.29 is 13.6 Å². The van der Waals surface area contributed by atoms with Gasteiger partial charge in [0.2, 0.25) is 0 Å². The van der Waals surface area contributed by atoms with Crippen molar-refractivity contribution in [3.05, 3.63) is 41.6 Å². The molecule has 1 aromatic carbocycles. The maximum Gasteiger partial charge on any atom is 0.139 e. The summed E-state index contributed by atoms with van der Waals surface area (Å²) in [6.45, 7) is 0. The number of hydrogen-bond donors (Lipinski definition) is 0. The molecule has 0 saturated carbocycles.